The molecule has 0 spiro atoms. The highest BCUT2D eigenvalue weighted by Crippen LogP contribution is 2.31. The van der Waals surface area contributed by atoms with E-state index in [9.17, 15) is 23.3 Å². The molecule has 1 fully saturated rings. The zero-order valence-electron chi connectivity index (χ0n) is 12.2. The number of hydrogen-bond acceptors (Lipinski definition) is 5. The van der Waals surface area contributed by atoms with E-state index in [1.165, 1.54) is 12.1 Å². The van der Waals surface area contributed by atoms with Crippen molar-refractivity contribution in [1.82, 2.24) is 0 Å². The van der Waals surface area contributed by atoms with Gasteiger partial charge in [0.1, 0.15) is 0 Å². The summed E-state index contributed by atoms with van der Waals surface area (Å²) >= 11 is 0. The lowest BCUT2D eigenvalue weighted by atomic mass is 9.87. The van der Waals surface area contributed by atoms with E-state index < -0.39 is 26.1 Å². The molecular formula is C15H19NO5S. The first-order valence-corrected chi connectivity index (χ1v) is 8.99. The molecule has 7 heteroatoms. The average molecular weight is 325 g/mol. The van der Waals surface area contributed by atoms with Gasteiger partial charge in [0.15, 0.2) is 9.84 Å². The number of ketones is 1. The van der Waals surface area contributed by atoms with Crippen LogP contribution in [0, 0.1) is 10.1 Å². The van der Waals surface area contributed by atoms with E-state index in [1.807, 2.05) is 0 Å². The van der Waals surface area contributed by atoms with Gasteiger partial charge in [-0.3, -0.25) is 14.9 Å². The summed E-state index contributed by atoms with van der Waals surface area (Å²) in [6.07, 6.45) is 2.02. The summed E-state index contributed by atoms with van der Waals surface area (Å²) in [4.78, 5) is 23.2. The third-order valence-electron chi connectivity index (χ3n) is 4.25. The predicted octanol–water partition coefficient (Wildman–Crippen LogP) is 2.40. The summed E-state index contributed by atoms with van der Waals surface area (Å²) < 4.78 is 24.6. The van der Waals surface area contributed by atoms with Gasteiger partial charge < -0.3 is 0 Å². The molecule has 1 aromatic carbocycles. The van der Waals surface area contributed by atoms with Gasteiger partial charge in [0, 0.05) is 24.2 Å². The van der Waals surface area contributed by atoms with Crippen LogP contribution >= 0.6 is 0 Å². The number of sulfone groups is 1. The minimum absolute atomic E-state index is 0.128. The minimum Gasteiger partial charge on any atom is -0.292 e. The van der Waals surface area contributed by atoms with Crippen LogP contribution in [0.25, 0.3) is 0 Å². The molecule has 0 amide bonds. The first kappa shape index (κ1) is 16.6. The van der Waals surface area contributed by atoms with E-state index in [0.29, 0.717) is 12.8 Å². The van der Waals surface area contributed by atoms with E-state index in [1.54, 1.807) is 18.2 Å². The quantitative estimate of drug-likeness (QED) is 0.470. The predicted molar refractivity (Wildman–Crippen MR) is 80.9 cm³/mol. The van der Waals surface area contributed by atoms with Crippen molar-refractivity contribution in [3.63, 3.8) is 0 Å². The van der Waals surface area contributed by atoms with Crippen molar-refractivity contribution in [3.05, 3.63) is 40.4 Å². The number of carbonyl (C=O) groups is 1. The fourth-order valence-electron chi connectivity index (χ4n) is 2.85. The SMILES string of the molecule is O=C1CCCCCC1(CCS(=O)(=O)c1ccccc1)[N+](=O)[O-]. The molecule has 1 aliphatic carbocycles. The lowest BCUT2D eigenvalue weighted by Gasteiger charge is -2.22. The molecular weight excluding hydrogens is 306 g/mol. The average Bonchev–Trinajstić information content (AvgIpc) is 2.69. The summed E-state index contributed by atoms with van der Waals surface area (Å²) in [5.74, 6) is -0.817. The van der Waals surface area contributed by atoms with Crippen LogP contribution in [0.2, 0.25) is 0 Å². The number of rotatable bonds is 5. The maximum Gasteiger partial charge on any atom is 0.280 e. The van der Waals surface area contributed by atoms with Crippen molar-refractivity contribution >= 4 is 15.6 Å². The Bertz CT molecular complexity index is 656. The summed E-state index contributed by atoms with van der Waals surface area (Å²) in [6.45, 7) is 0. The maximum absolute atomic E-state index is 12.3. The number of hydrogen-bond donors (Lipinski definition) is 0. The highest BCUT2D eigenvalue weighted by molar-refractivity contribution is 7.91. The molecule has 1 aliphatic rings. The Morgan fingerprint density at radius 1 is 1.14 bits per heavy atom. The van der Waals surface area contributed by atoms with Gasteiger partial charge in [-0.25, -0.2) is 8.42 Å². The highest BCUT2D eigenvalue weighted by Gasteiger charge is 2.50. The van der Waals surface area contributed by atoms with Crippen LogP contribution in [-0.2, 0) is 14.6 Å². The van der Waals surface area contributed by atoms with Crippen LogP contribution in [-0.4, -0.2) is 30.4 Å². The second-order valence-electron chi connectivity index (χ2n) is 5.65. The fraction of sp³-hybridized carbons (Fsp3) is 0.533. The van der Waals surface area contributed by atoms with Gasteiger partial charge in [0.2, 0.25) is 5.78 Å². The maximum atomic E-state index is 12.3. The fourth-order valence-corrected chi connectivity index (χ4v) is 4.26. The van der Waals surface area contributed by atoms with E-state index in [-0.39, 0.29) is 29.9 Å². The van der Waals surface area contributed by atoms with Crippen molar-refractivity contribution in [1.29, 1.82) is 0 Å². The second kappa shape index (κ2) is 6.56. The van der Waals surface area contributed by atoms with Crippen molar-refractivity contribution in [3.8, 4) is 0 Å². The number of Topliss-reactive ketones (excluding diaryl/α,β-unsaturated/α-hetero) is 1. The molecule has 1 atom stereocenters. The molecule has 0 heterocycles. The Labute approximate surface area is 129 Å². The van der Waals surface area contributed by atoms with Crippen molar-refractivity contribution in [2.24, 2.45) is 0 Å². The van der Waals surface area contributed by atoms with Gasteiger partial charge in [-0.05, 0) is 25.0 Å². The zero-order chi connectivity index (χ0) is 16.2. The van der Waals surface area contributed by atoms with E-state index in [0.717, 1.165) is 6.42 Å². The largest absolute Gasteiger partial charge is 0.292 e. The molecule has 1 saturated carbocycles. The van der Waals surface area contributed by atoms with Crippen molar-refractivity contribution < 1.29 is 18.1 Å². The molecule has 0 aliphatic heterocycles. The molecule has 0 bridgehead atoms. The Kier molecular flexibility index (Phi) is 4.95. The van der Waals surface area contributed by atoms with Gasteiger partial charge in [0.05, 0.1) is 10.6 Å². The minimum atomic E-state index is -3.62. The van der Waals surface area contributed by atoms with Crippen LogP contribution in [0.5, 0.6) is 0 Å². The van der Waals surface area contributed by atoms with Crippen LogP contribution in [0.3, 0.4) is 0 Å². The molecule has 1 aromatic rings. The number of nitro groups is 1. The Hall–Kier alpha value is -1.76. The third kappa shape index (κ3) is 3.35. The van der Waals surface area contributed by atoms with Crippen molar-refractivity contribution in [2.45, 2.75) is 49.0 Å². The highest BCUT2D eigenvalue weighted by atomic mass is 32.2. The lowest BCUT2D eigenvalue weighted by molar-refractivity contribution is -0.553. The van der Waals surface area contributed by atoms with Crippen LogP contribution < -0.4 is 0 Å². The Morgan fingerprint density at radius 2 is 1.82 bits per heavy atom. The van der Waals surface area contributed by atoms with Gasteiger partial charge in [-0.1, -0.05) is 24.6 Å². The molecule has 22 heavy (non-hydrogen) atoms. The van der Waals surface area contributed by atoms with Crippen LogP contribution in [0.4, 0.5) is 0 Å². The summed E-state index contributed by atoms with van der Waals surface area (Å²) in [5, 5.41) is 11.5. The normalized spacial score (nSPS) is 23.0. The van der Waals surface area contributed by atoms with Crippen molar-refractivity contribution in [2.75, 3.05) is 5.75 Å². The lowest BCUT2D eigenvalue weighted by Crippen LogP contribution is -2.47. The molecule has 1 unspecified atom stereocenters. The molecule has 6 nitrogen and oxygen atoms in total. The summed E-state index contributed by atoms with van der Waals surface area (Å²) in [6, 6.07) is 7.83. The van der Waals surface area contributed by atoms with Crippen LogP contribution in [0.15, 0.2) is 35.2 Å². The number of carbonyl (C=O) groups excluding carboxylic acids is 1. The van der Waals surface area contributed by atoms with Gasteiger partial charge >= 0.3 is 0 Å². The van der Waals surface area contributed by atoms with Crippen LogP contribution in [0.1, 0.15) is 38.5 Å². The smallest absolute Gasteiger partial charge is 0.280 e. The first-order chi connectivity index (χ1) is 10.4. The summed E-state index contributed by atoms with van der Waals surface area (Å²) in [5.41, 5.74) is -1.74. The number of nitrogens with zero attached hydrogens (tertiary/aromatic N) is 1. The standard InChI is InChI=1S/C15H19NO5S/c17-14-9-5-2-6-10-15(14,16(18)19)11-12-22(20,21)13-7-3-1-4-8-13/h1,3-4,7-8H,2,5-6,9-12H2. The Balaban J connectivity index is 2.22. The monoisotopic (exact) mass is 325 g/mol. The molecule has 0 radical (unpaired) electrons. The van der Waals surface area contributed by atoms with E-state index in [4.69, 9.17) is 0 Å². The number of benzene rings is 1. The molecule has 2 rings (SSSR count). The topological polar surface area (TPSA) is 94.3 Å². The molecule has 120 valence electrons. The van der Waals surface area contributed by atoms with Gasteiger partial charge in [-0.15, -0.1) is 0 Å². The molecule has 0 aromatic heterocycles. The zero-order valence-corrected chi connectivity index (χ0v) is 13.0. The first-order valence-electron chi connectivity index (χ1n) is 7.34. The van der Waals surface area contributed by atoms with E-state index >= 15 is 0 Å². The second-order valence-corrected chi connectivity index (χ2v) is 7.76. The molecule has 0 saturated heterocycles. The molecule has 0 N–H and O–H groups in total. The third-order valence-corrected chi connectivity index (χ3v) is 5.98. The van der Waals surface area contributed by atoms with Gasteiger partial charge in [0.25, 0.3) is 5.54 Å². The van der Waals surface area contributed by atoms with Gasteiger partial charge in [-0.2, -0.15) is 0 Å². The summed E-state index contributed by atoms with van der Waals surface area (Å²) in [7, 11) is -3.62. The Morgan fingerprint density at radius 3 is 2.45 bits per heavy atom. The van der Waals surface area contributed by atoms with E-state index in [2.05, 4.69) is 0 Å².